The summed E-state index contributed by atoms with van der Waals surface area (Å²) >= 11 is 0. The lowest BCUT2D eigenvalue weighted by Gasteiger charge is -2.50. The topological polar surface area (TPSA) is 86.3 Å². The Bertz CT molecular complexity index is 1100. The zero-order valence-electron chi connectivity index (χ0n) is 19.7. The fraction of sp³-hybridized carbons (Fsp3) is 0.423. The molecule has 3 atom stereocenters. The zero-order chi connectivity index (χ0) is 24.4. The minimum Gasteiger partial charge on any atom is -0.497 e. The fourth-order valence-electron chi connectivity index (χ4n) is 5.31. The standard InChI is InChI=1S/C26H30FN5O3/c1-35-20-12-10-19(11-13-20)28-24(33)15-14-23-29-30-26-31(16-17-6-8-18(27)9-7-17)25(34)21-4-2-3-5-22(21)32(23)26/h6-13,21-22,26,30H,2-5,14-16H2,1H3,(H,28,33). The van der Waals surface area contributed by atoms with Gasteiger partial charge in [0.2, 0.25) is 11.8 Å². The normalized spacial score (nSPS) is 23.2. The summed E-state index contributed by atoms with van der Waals surface area (Å²) in [4.78, 5) is 30.1. The van der Waals surface area contributed by atoms with Crippen LogP contribution in [0, 0.1) is 11.7 Å². The molecule has 3 unspecified atom stereocenters. The molecular weight excluding hydrogens is 449 g/mol. The Morgan fingerprint density at radius 1 is 1.14 bits per heavy atom. The maximum atomic E-state index is 13.5. The highest BCUT2D eigenvalue weighted by atomic mass is 19.1. The summed E-state index contributed by atoms with van der Waals surface area (Å²) in [6.45, 7) is 0.372. The van der Waals surface area contributed by atoms with Crippen LogP contribution in [-0.2, 0) is 16.1 Å². The monoisotopic (exact) mass is 479 g/mol. The first-order valence-corrected chi connectivity index (χ1v) is 12.1. The van der Waals surface area contributed by atoms with Crippen LogP contribution in [-0.4, -0.2) is 46.9 Å². The Balaban J connectivity index is 1.28. The van der Waals surface area contributed by atoms with Gasteiger partial charge in [-0.05, 0) is 54.8 Å². The number of carbonyl (C=O) groups is 2. The van der Waals surface area contributed by atoms with Gasteiger partial charge in [-0.1, -0.05) is 25.0 Å². The number of rotatable bonds is 7. The SMILES string of the molecule is COc1ccc(NC(=O)CCC2=NNC3N(Cc4ccc(F)cc4)C(=O)C4CCCCC4N23)cc1. The van der Waals surface area contributed by atoms with Gasteiger partial charge in [0.15, 0.2) is 6.29 Å². The molecule has 2 aromatic rings. The quantitative estimate of drug-likeness (QED) is 0.633. The summed E-state index contributed by atoms with van der Waals surface area (Å²) in [7, 11) is 1.60. The van der Waals surface area contributed by atoms with Crippen LogP contribution in [0.2, 0.25) is 0 Å². The van der Waals surface area contributed by atoms with Crippen molar-refractivity contribution in [2.24, 2.45) is 11.0 Å². The maximum absolute atomic E-state index is 13.5. The summed E-state index contributed by atoms with van der Waals surface area (Å²) in [6.07, 6.45) is 4.22. The third-order valence-electron chi connectivity index (χ3n) is 7.07. The highest BCUT2D eigenvalue weighted by molar-refractivity contribution is 5.95. The lowest BCUT2D eigenvalue weighted by atomic mass is 9.80. The third-order valence-corrected chi connectivity index (χ3v) is 7.07. The predicted molar refractivity (Wildman–Crippen MR) is 130 cm³/mol. The molecular formula is C26H30FN5O3. The summed E-state index contributed by atoms with van der Waals surface area (Å²) in [5.41, 5.74) is 4.71. The van der Waals surface area contributed by atoms with Crippen LogP contribution in [0.3, 0.4) is 0 Å². The minimum atomic E-state index is -0.397. The van der Waals surface area contributed by atoms with Crippen LogP contribution < -0.4 is 15.5 Å². The summed E-state index contributed by atoms with van der Waals surface area (Å²) < 4.78 is 18.5. The van der Waals surface area contributed by atoms with Gasteiger partial charge in [0.05, 0.1) is 13.0 Å². The molecule has 0 bridgehead atoms. The summed E-state index contributed by atoms with van der Waals surface area (Å²) in [5.74, 6) is 1.14. The number of hydrogen-bond acceptors (Lipinski definition) is 6. The Morgan fingerprint density at radius 2 is 1.89 bits per heavy atom. The van der Waals surface area contributed by atoms with Crippen molar-refractivity contribution in [1.29, 1.82) is 0 Å². The van der Waals surface area contributed by atoms with Crippen molar-refractivity contribution in [3.63, 3.8) is 0 Å². The van der Waals surface area contributed by atoms with Gasteiger partial charge in [-0.3, -0.25) is 19.9 Å². The van der Waals surface area contributed by atoms with E-state index in [2.05, 4.69) is 20.7 Å². The Labute approximate surface area is 204 Å². The maximum Gasteiger partial charge on any atom is 0.231 e. The molecule has 1 saturated heterocycles. The Kier molecular flexibility index (Phi) is 6.57. The molecule has 2 N–H and O–H groups in total. The van der Waals surface area contributed by atoms with Gasteiger partial charge in [0.25, 0.3) is 0 Å². The van der Waals surface area contributed by atoms with E-state index in [0.717, 1.165) is 42.8 Å². The number of amides is 2. The Hall–Kier alpha value is -3.62. The van der Waals surface area contributed by atoms with Crippen LogP contribution in [0.15, 0.2) is 53.6 Å². The molecule has 2 fully saturated rings. The molecule has 9 heteroatoms. The molecule has 2 aliphatic heterocycles. The molecule has 1 aliphatic carbocycles. The second kappa shape index (κ2) is 9.93. The van der Waals surface area contributed by atoms with E-state index in [0.29, 0.717) is 18.7 Å². The average molecular weight is 480 g/mol. The number of methoxy groups -OCH3 is 1. The minimum absolute atomic E-state index is 0.0733. The lowest BCUT2D eigenvalue weighted by molar-refractivity contribution is -0.156. The molecule has 2 amide bonds. The second-order valence-corrected chi connectivity index (χ2v) is 9.27. The first-order chi connectivity index (χ1) is 17.0. The number of halogens is 1. The van der Waals surface area contributed by atoms with Crippen molar-refractivity contribution in [2.45, 2.75) is 57.4 Å². The second-order valence-electron chi connectivity index (χ2n) is 9.27. The molecule has 2 heterocycles. The van der Waals surface area contributed by atoms with Crippen LogP contribution >= 0.6 is 0 Å². The molecule has 35 heavy (non-hydrogen) atoms. The zero-order valence-corrected chi connectivity index (χ0v) is 19.7. The summed E-state index contributed by atoms with van der Waals surface area (Å²) in [6, 6.07) is 13.5. The van der Waals surface area contributed by atoms with Crippen molar-refractivity contribution < 1.29 is 18.7 Å². The van der Waals surface area contributed by atoms with E-state index in [1.54, 1.807) is 48.4 Å². The molecule has 5 rings (SSSR count). The van der Waals surface area contributed by atoms with Gasteiger partial charge < -0.3 is 15.0 Å². The molecule has 1 saturated carbocycles. The number of amidine groups is 1. The van der Waals surface area contributed by atoms with Gasteiger partial charge in [-0.25, -0.2) is 4.39 Å². The number of nitrogens with one attached hydrogen (secondary N) is 2. The van der Waals surface area contributed by atoms with Crippen molar-refractivity contribution in [3.05, 3.63) is 59.9 Å². The van der Waals surface area contributed by atoms with Crippen LogP contribution in [0.1, 0.15) is 44.1 Å². The number of ether oxygens (including phenoxy) is 1. The highest BCUT2D eigenvalue weighted by Crippen LogP contribution is 2.38. The predicted octanol–water partition coefficient (Wildman–Crippen LogP) is 3.66. The first-order valence-electron chi connectivity index (χ1n) is 12.1. The van der Waals surface area contributed by atoms with E-state index < -0.39 is 6.29 Å². The third kappa shape index (κ3) is 4.80. The van der Waals surface area contributed by atoms with Crippen molar-refractivity contribution in [3.8, 4) is 5.75 Å². The van der Waals surface area contributed by atoms with E-state index in [4.69, 9.17) is 4.74 Å². The highest BCUT2D eigenvalue weighted by Gasteiger charge is 2.50. The Morgan fingerprint density at radius 3 is 2.63 bits per heavy atom. The molecule has 3 aliphatic rings. The van der Waals surface area contributed by atoms with Crippen molar-refractivity contribution in [2.75, 3.05) is 12.4 Å². The number of carbonyl (C=O) groups excluding carboxylic acids is 2. The number of hydrogen-bond donors (Lipinski definition) is 2. The van der Waals surface area contributed by atoms with E-state index in [1.807, 2.05) is 0 Å². The number of benzene rings is 2. The van der Waals surface area contributed by atoms with Crippen LogP contribution in [0.5, 0.6) is 5.75 Å². The first kappa shape index (κ1) is 23.1. The molecule has 8 nitrogen and oxygen atoms in total. The summed E-state index contributed by atoms with van der Waals surface area (Å²) in [5, 5.41) is 7.47. The van der Waals surface area contributed by atoms with Crippen LogP contribution in [0.4, 0.5) is 10.1 Å². The van der Waals surface area contributed by atoms with Crippen molar-refractivity contribution in [1.82, 2.24) is 15.2 Å². The number of fused-ring (bicyclic) bond motifs is 3. The van der Waals surface area contributed by atoms with Gasteiger partial charge >= 0.3 is 0 Å². The van der Waals surface area contributed by atoms with Crippen molar-refractivity contribution >= 4 is 23.3 Å². The van der Waals surface area contributed by atoms with E-state index in [9.17, 15) is 14.0 Å². The molecule has 0 spiro atoms. The molecule has 0 radical (unpaired) electrons. The van der Waals surface area contributed by atoms with E-state index >= 15 is 0 Å². The number of hydrazone groups is 1. The van der Waals surface area contributed by atoms with E-state index in [1.165, 1.54) is 12.1 Å². The van der Waals surface area contributed by atoms with E-state index in [-0.39, 0.29) is 36.0 Å². The molecule has 184 valence electrons. The van der Waals surface area contributed by atoms with Gasteiger partial charge in [0.1, 0.15) is 17.4 Å². The molecule has 2 aromatic carbocycles. The number of anilines is 1. The smallest absolute Gasteiger partial charge is 0.231 e. The molecule has 0 aromatic heterocycles. The largest absolute Gasteiger partial charge is 0.497 e. The van der Waals surface area contributed by atoms with Gasteiger partial charge in [-0.15, -0.1) is 0 Å². The lowest BCUT2D eigenvalue weighted by Crippen LogP contribution is -2.67. The van der Waals surface area contributed by atoms with Gasteiger partial charge in [0, 0.05) is 31.1 Å². The average Bonchev–Trinajstić information content (AvgIpc) is 3.31. The number of nitrogens with zero attached hydrogens (tertiary/aromatic N) is 3. The fourth-order valence-corrected chi connectivity index (χ4v) is 5.31. The van der Waals surface area contributed by atoms with Crippen LogP contribution in [0.25, 0.3) is 0 Å². The van der Waals surface area contributed by atoms with Gasteiger partial charge in [-0.2, -0.15) is 5.10 Å².